The fraction of sp³-hybridized carbons (Fsp3) is 0.647. The van der Waals surface area contributed by atoms with Crippen LogP contribution in [0.4, 0.5) is 0 Å². The van der Waals surface area contributed by atoms with Crippen LogP contribution in [0.3, 0.4) is 0 Å². The number of aliphatic hydroxyl groups excluding tert-OH is 1. The third-order valence-corrected chi connectivity index (χ3v) is 4.17. The minimum absolute atomic E-state index is 0.0183. The maximum absolute atomic E-state index is 9.38. The molecule has 0 aliphatic carbocycles. The third kappa shape index (κ3) is 3.34. The fourth-order valence-corrected chi connectivity index (χ4v) is 2.91. The molecule has 4 atom stereocenters. The second-order valence-corrected chi connectivity index (χ2v) is 6.65. The minimum Gasteiger partial charge on any atom is -0.393 e. The maximum atomic E-state index is 9.38. The van der Waals surface area contributed by atoms with Gasteiger partial charge in [-0.2, -0.15) is 0 Å². The Bertz CT molecular complexity index is 503. The van der Waals surface area contributed by atoms with Crippen molar-refractivity contribution in [3.05, 3.63) is 35.9 Å². The second kappa shape index (κ2) is 5.91. The normalized spacial score (nSPS) is 36.5. The smallest absolute Gasteiger partial charge is 0.164 e. The van der Waals surface area contributed by atoms with Gasteiger partial charge >= 0.3 is 0 Å². The molecule has 2 aliphatic rings. The van der Waals surface area contributed by atoms with Crippen LogP contribution in [0.25, 0.3) is 0 Å². The summed E-state index contributed by atoms with van der Waals surface area (Å²) in [6, 6.07) is 10.0. The van der Waals surface area contributed by atoms with Crippen molar-refractivity contribution < 1.29 is 24.1 Å². The first-order chi connectivity index (χ1) is 10.4. The first kappa shape index (κ1) is 15.9. The lowest BCUT2D eigenvalue weighted by Crippen LogP contribution is -2.36. The van der Waals surface area contributed by atoms with Gasteiger partial charge in [-0.3, -0.25) is 0 Å². The van der Waals surface area contributed by atoms with Crippen molar-refractivity contribution in [1.82, 2.24) is 0 Å². The molecule has 0 radical (unpaired) electrons. The van der Waals surface area contributed by atoms with Gasteiger partial charge in [0.15, 0.2) is 5.79 Å². The van der Waals surface area contributed by atoms with Gasteiger partial charge in [-0.15, -0.1) is 0 Å². The van der Waals surface area contributed by atoms with Crippen molar-refractivity contribution in [2.75, 3.05) is 13.2 Å². The first-order valence-electron chi connectivity index (χ1n) is 7.69. The number of ether oxygens (including phenoxy) is 4. The summed E-state index contributed by atoms with van der Waals surface area (Å²) >= 11 is 0. The van der Waals surface area contributed by atoms with Crippen molar-refractivity contribution in [2.45, 2.75) is 57.1 Å². The van der Waals surface area contributed by atoms with E-state index in [0.717, 1.165) is 5.56 Å². The highest BCUT2D eigenvalue weighted by molar-refractivity contribution is 5.13. The van der Waals surface area contributed by atoms with Crippen LogP contribution in [0.2, 0.25) is 0 Å². The highest BCUT2D eigenvalue weighted by atomic mass is 16.8. The van der Waals surface area contributed by atoms with Crippen LogP contribution in [0.15, 0.2) is 30.3 Å². The summed E-state index contributed by atoms with van der Waals surface area (Å²) in [5.74, 6) is -0.659. The van der Waals surface area contributed by atoms with E-state index < -0.39 is 11.4 Å². The molecule has 1 N–H and O–H groups in total. The summed E-state index contributed by atoms with van der Waals surface area (Å²) in [6.45, 7) is 6.61. The molecule has 22 heavy (non-hydrogen) atoms. The molecule has 0 bridgehead atoms. The molecule has 1 aromatic carbocycles. The predicted octanol–water partition coefficient (Wildman–Crippen LogP) is 1.87. The SMILES string of the molecule is CC1(C)O[C@@H]([C@H]2O[C@]2(C)CO)[C@H](COCc2ccccc2)O1. The monoisotopic (exact) mass is 308 g/mol. The Morgan fingerprint density at radius 3 is 2.45 bits per heavy atom. The molecule has 0 spiro atoms. The van der Waals surface area contributed by atoms with E-state index in [9.17, 15) is 5.11 Å². The molecule has 2 saturated heterocycles. The molecule has 5 heteroatoms. The zero-order valence-electron chi connectivity index (χ0n) is 13.3. The van der Waals surface area contributed by atoms with E-state index >= 15 is 0 Å². The number of hydrogen-bond donors (Lipinski definition) is 1. The van der Waals surface area contributed by atoms with Crippen LogP contribution in [0, 0.1) is 0 Å². The molecule has 0 amide bonds. The quantitative estimate of drug-likeness (QED) is 0.813. The van der Waals surface area contributed by atoms with Gasteiger partial charge in [0.25, 0.3) is 0 Å². The highest BCUT2D eigenvalue weighted by Crippen LogP contribution is 2.45. The maximum Gasteiger partial charge on any atom is 0.164 e. The third-order valence-electron chi connectivity index (χ3n) is 4.17. The Hall–Kier alpha value is -0.980. The van der Waals surface area contributed by atoms with Crippen molar-refractivity contribution >= 4 is 0 Å². The van der Waals surface area contributed by atoms with Crippen LogP contribution >= 0.6 is 0 Å². The van der Waals surface area contributed by atoms with E-state index in [2.05, 4.69) is 0 Å². The van der Waals surface area contributed by atoms with Gasteiger partial charge in [-0.1, -0.05) is 30.3 Å². The Labute approximate surface area is 131 Å². The topological polar surface area (TPSA) is 60.5 Å². The minimum atomic E-state index is -0.659. The van der Waals surface area contributed by atoms with Crippen molar-refractivity contribution in [3.63, 3.8) is 0 Å². The second-order valence-electron chi connectivity index (χ2n) is 6.65. The summed E-state index contributed by atoms with van der Waals surface area (Å²) in [6.07, 6.45) is -0.565. The lowest BCUT2D eigenvalue weighted by molar-refractivity contribution is -0.152. The van der Waals surface area contributed by atoms with Crippen molar-refractivity contribution in [2.24, 2.45) is 0 Å². The molecule has 0 unspecified atom stereocenters. The summed E-state index contributed by atoms with van der Waals surface area (Å²) in [5.41, 5.74) is 0.603. The summed E-state index contributed by atoms with van der Waals surface area (Å²) in [5, 5.41) is 9.38. The van der Waals surface area contributed by atoms with Crippen molar-refractivity contribution in [3.8, 4) is 0 Å². The van der Waals surface area contributed by atoms with Crippen molar-refractivity contribution in [1.29, 1.82) is 0 Å². The van der Waals surface area contributed by atoms with E-state index in [1.165, 1.54) is 0 Å². The molecule has 2 heterocycles. The Kier molecular flexibility index (Phi) is 4.27. The Morgan fingerprint density at radius 2 is 1.82 bits per heavy atom. The van der Waals surface area contributed by atoms with Crippen LogP contribution in [-0.4, -0.2) is 48.0 Å². The summed E-state index contributed by atoms with van der Waals surface area (Å²) in [4.78, 5) is 0. The van der Waals surface area contributed by atoms with Gasteiger partial charge in [-0.05, 0) is 26.3 Å². The molecule has 2 aliphatic heterocycles. The largest absolute Gasteiger partial charge is 0.393 e. The number of hydrogen-bond acceptors (Lipinski definition) is 5. The van der Waals surface area contributed by atoms with E-state index in [1.807, 2.05) is 51.1 Å². The summed E-state index contributed by atoms with van der Waals surface area (Å²) in [7, 11) is 0. The number of rotatable bonds is 6. The number of aliphatic hydroxyl groups is 1. The lowest BCUT2D eigenvalue weighted by Gasteiger charge is -2.16. The Balaban J connectivity index is 1.56. The average Bonchev–Trinajstić information content (AvgIpc) is 3.07. The lowest BCUT2D eigenvalue weighted by atomic mass is 10.0. The van der Waals surface area contributed by atoms with Crippen LogP contribution in [0.5, 0.6) is 0 Å². The molecule has 0 saturated carbocycles. The van der Waals surface area contributed by atoms with E-state index in [-0.39, 0.29) is 24.9 Å². The number of epoxide rings is 1. The van der Waals surface area contributed by atoms with Crippen LogP contribution in [-0.2, 0) is 25.6 Å². The zero-order chi connectivity index (χ0) is 15.8. The molecule has 0 aromatic heterocycles. The van der Waals surface area contributed by atoms with Crippen LogP contribution < -0.4 is 0 Å². The summed E-state index contributed by atoms with van der Waals surface area (Å²) < 4.78 is 23.3. The zero-order valence-corrected chi connectivity index (χ0v) is 13.3. The predicted molar refractivity (Wildman–Crippen MR) is 80.3 cm³/mol. The van der Waals surface area contributed by atoms with Gasteiger partial charge in [0, 0.05) is 0 Å². The van der Waals surface area contributed by atoms with E-state index in [1.54, 1.807) is 0 Å². The molecule has 1 aromatic rings. The number of benzene rings is 1. The molecular formula is C17H24O5. The van der Waals surface area contributed by atoms with E-state index in [0.29, 0.717) is 13.2 Å². The average molecular weight is 308 g/mol. The van der Waals surface area contributed by atoms with E-state index in [4.69, 9.17) is 18.9 Å². The first-order valence-corrected chi connectivity index (χ1v) is 7.69. The van der Waals surface area contributed by atoms with Gasteiger partial charge < -0.3 is 24.1 Å². The fourth-order valence-electron chi connectivity index (χ4n) is 2.91. The molecule has 5 nitrogen and oxygen atoms in total. The van der Waals surface area contributed by atoms with Gasteiger partial charge in [0.05, 0.1) is 19.8 Å². The van der Waals surface area contributed by atoms with Gasteiger partial charge in [0.1, 0.15) is 23.9 Å². The molecular weight excluding hydrogens is 284 g/mol. The van der Waals surface area contributed by atoms with Crippen LogP contribution in [0.1, 0.15) is 26.3 Å². The van der Waals surface area contributed by atoms with Gasteiger partial charge in [-0.25, -0.2) is 0 Å². The molecule has 122 valence electrons. The van der Waals surface area contributed by atoms with Gasteiger partial charge in [0.2, 0.25) is 0 Å². The molecule has 2 fully saturated rings. The Morgan fingerprint density at radius 1 is 1.09 bits per heavy atom. The molecule has 3 rings (SSSR count). The standard InChI is InChI=1S/C17H24O5/c1-16(2)20-13(10-19-9-12-7-5-4-6-8-12)14(21-16)15-17(3,11-18)22-15/h4-8,13-15,18H,9-11H2,1-3H3/t13-,14+,15+,17+/m0/s1. The highest BCUT2D eigenvalue weighted by Gasteiger charge is 2.62.